The van der Waals surface area contributed by atoms with Gasteiger partial charge in [0.2, 0.25) is 5.91 Å². The van der Waals surface area contributed by atoms with Gasteiger partial charge in [-0.05, 0) is 30.4 Å². The number of phenols is 1. The molecular formula is C13H16N4O2S. The molecule has 0 bridgehead atoms. The second kappa shape index (κ2) is 5.09. The number of nitrogens with two attached hydrogens (primary N) is 1. The number of amides is 1. The van der Waals surface area contributed by atoms with E-state index in [4.69, 9.17) is 18.0 Å². The highest BCUT2D eigenvalue weighted by atomic mass is 32.1. The van der Waals surface area contributed by atoms with E-state index in [2.05, 4.69) is 15.8 Å². The number of nitrogens with zero attached hydrogens (tertiary/aromatic N) is 1. The van der Waals surface area contributed by atoms with E-state index in [0.717, 1.165) is 11.3 Å². The summed E-state index contributed by atoms with van der Waals surface area (Å²) in [7, 11) is 0. The summed E-state index contributed by atoms with van der Waals surface area (Å²) in [6.45, 7) is 3.89. The molecule has 2 rings (SSSR count). The fraction of sp³-hybridized carbons (Fsp3) is 0.308. The lowest BCUT2D eigenvalue weighted by Crippen LogP contribution is -2.39. The molecule has 20 heavy (non-hydrogen) atoms. The molecule has 7 heteroatoms. The molecule has 1 aliphatic heterocycles. The van der Waals surface area contributed by atoms with Crippen LogP contribution in [0.4, 0.5) is 5.69 Å². The van der Waals surface area contributed by atoms with Gasteiger partial charge in [0.05, 0.1) is 11.4 Å². The Kier molecular flexibility index (Phi) is 3.63. The largest absolute Gasteiger partial charge is 0.506 e. The number of aromatic hydroxyl groups is 1. The first kappa shape index (κ1) is 14.3. The monoisotopic (exact) mass is 292 g/mol. The van der Waals surface area contributed by atoms with Crippen LogP contribution in [0.3, 0.4) is 0 Å². The highest BCUT2D eigenvalue weighted by Gasteiger charge is 2.33. The van der Waals surface area contributed by atoms with Gasteiger partial charge in [-0.25, -0.2) is 5.43 Å². The summed E-state index contributed by atoms with van der Waals surface area (Å²) in [6.07, 6.45) is 0.352. The molecule has 1 aliphatic rings. The average Bonchev–Trinajstić information content (AvgIpc) is 2.30. The molecule has 0 radical (unpaired) electrons. The molecule has 0 atom stereocenters. The number of hydrogen-bond acceptors (Lipinski definition) is 4. The maximum Gasteiger partial charge on any atom is 0.241 e. The van der Waals surface area contributed by atoms with E-state index in [-0.39, 0.29) is 22.2 Å². The summed E-state index contributed by atoms with van der Waals surface area (Å²) in [5.74, 6) is -0.0705. The molecule has 1 aromatic carbocycles. The number of phenolic OH excluding ortho intramolecular Hbond substituents is 1. The Labute approximate surface area is 122 Å². The number of thiocarbonyl (C=S) groups is 1. The quantitative estimate of drug-likeness (QED) is 0.486. The molecule has 0 saturated carbocycles. The fourth-order valence-electron chi connectivity index (χ4n) is 2.17. The van der Waals surface area contributed by atoms with Gasteiger partial charge < -0.3 is 16.2 Å². The topological polar surface area (TPSA) is 99.7 Å². The van der Waals surface area contributed by atoms with Gasteiger partial charge in [0.1, 0.15) is 5.75 Å². The fourth-order valence-corrected chi connectivity index (χ4v) is 2.28. The predicted octanol–water partition coefficient (Wildman–Crippen LogP) is 1.30. The third kappa shape index (κ3) is 2.88. The van der Waals surface area contributed by atoms with Gasteiger partial charge in [0.25, 0.3) is 0 Å². The number of anilines is 1. The number of benzene rings is 1. The molecule has 0 spiro atoms. The SMILES string of the molecule is CC1(C)CC(=O)NN=C1c1ccc(O)c(NC(N)=S)c1. The van der Waals surface area contributed by atoms with Crippen molar-refractivity contribution in [2.75, 3.05) is 5.32 Å². The molecule has 1 aromatic rings. The van der Waals surface area contributed by atoms with Crippen LogP contribution >= 0.6 is 12.2 Å². The maximum absolute atomic E-state index is 11.4. The molecule has 1 heterocycles. The number of nitrogens with one attached hydrogen (secondary N) is 2. The summed E-state index contributed by atoms with van der Waals surface area (Å²) in [5.41, 5.74) is 9.43. The number of carbonyl (C=O) groups excluding carboxylic acids is 1. The van der Waals surface area contributed by atoms with Crippen LogP contribution in [0.2, 0.25) is 0 Å². The molecule has 0 fully saturated rings. The van der Waals surface area contributed by atoms with Crippen LogP contribution in [-0.2, 0) is 4.79 Å². The van der Waals surface area contributed by atoms with Gasteiger partial charge in [-0.15, -0.1) is 0 Å². The molecule has 5 N–H and O–H groups in total. The summed E-state index contributed by atoms with van der Waals surface area (Å²) in [5, 5.41) is 16.7. The minimum atomic E-state index is -0.389. The molecule has 0 aliphatic carbocycles. The van der Waals surface area contributed by atoms with E-state index in [1.807, 2.05) is 13.8 Å². The van der Waals surface area contributed by atoms with E-state index < -0.39 is 0 Å². The smallest absolute Gasteiger partial charge is 0.241 e. The Balaban J connectivity index is 2.43. The number of rotatable bonds is 2. The second-order valence-corrected chi connectivity index (χ2v) is 5.72. The van der Waals surface area contributed by atoms with E-state index in [1.165, 1.54) is 6.07 Å². The first-order chi connectivity index (χ1) is 9.29. The summed E-state index contributed by atoms with van der Waals surface area (Å²) in [6, 6.07) is 4.97. The Morgan fingerprint density at radius 1 is 1.55 bits per heavy atom. The van der Waals surface area contributed by atoms with Crippen molar-refractivity contribution >= 4 is 34.6 Å². The lowest BCUT2D eigenvalue weighted by Gasteiger charge is -2.29. The van der Waals surface area contributed by atoms with Crippen LogP contribution in [0.25, 0.3) is 0 Å². The lowest BCUT2D eigenvalue weighted by molar-refractivity contribution is -0.122. The van der Waals surface area contributed by atoms with Crippen molar-refractivity contribution in [3.05, 3.63) is 23.8 Å². The number of carbonyl (C=O) groups is 1. The van der Waals surface area contributed by atoms with Gasteiger partial charge in [-0.2, -0.15) is 5.10 Å². The van der Waals surface area contributed by atoms with Gasteiger partial charge in [0, 0.05) is 17.4 Å². The molecular weight excluding hydrogens is 276 g/mol. The molecule has 6 nitrogen and oxygen atoms in total. The van der Waals surface area contributed by atoms with Crippen molar-refractivity contribution in [1.82, 2.24) is 5.43 Å². The highest BCUT2D eigenvalue weighted by molar-refractivity contribution is 7.80. The van der Waals surface area contributed by atoms with Crippen molar-refractivity contribution in [2.24, 2.45) is 16.3 Å². The third-order valence-electron chi connectivity index (χ3n) is 3.06. The normalized spacial score (nSPS) is 17.1. The molecule has 0 saturated heterocycles. The summed E-state index contributed by atoms with van der Waals surface area (Å²) >= 11 is 4.77. The number of hydrogen-bond donors (Lipinski definition) is 4. The highest BCUT2D eigenvalue weighted by Crippen LogP contribution is 2.32. The zero-order valence-electron chi connectivity index (χ0n) is 11.2. The standard InChI is InChI=1S/C13H16N4O2S/c1-13(2)6-10(19)16-17-11(13)7-3-4-9(18)8(5-7)15-12(14)20/h3-5,18H,6H2,1-2H3,(H,16,19)(H3,14,15,20). The zero-order chi connectivity index (χ0) is 14.9. The van der Waals surface area contributed by atoms with Crippen molar-refractivity contribution in [3.63, 3.8) is 0 Å². The molecule has 0 aromatic heterocycles. The predicted molar refractivity (Wildman–Crippen MR) is 81.6 cm³/mol. The maximum atomic E-state index is 11.4. The first-order valence-electron chi connectivity index (χ1n) is 6.06. The Morgan fingerprint density at radius 3 is 2.85 bits per heavy atom. The van der Waals surface area contributed by atoms with Crippen molar-refractivity contribution in [3.8, 4) is 5.75 Å². The summed E-state index contributed by atoms with van der Waals surface area (Å²) in [4.78, 5) is 11.4. The number of hydrazone groups is 1. The van der Waals surface area contributed by atoms with E-state index in [9.17, 15) is 9.90 Å². The minimum Gasteiger partial charge on any atom is -0.506 e. The Bertz CT molecular complexity index is 610. The van der Waals surface area contributed by atoms with Crippen molar-refractivity contribution < 1.29 is 9.90 Å². The van der Waals surface area contributed by atoms with Crippen LogP contribution in [0, 0.1) is 5.41 Å². The second-order valence-electron chi connectivity index (χ2n) is 5.28. The van der Waals surface area contributed by atoms with Gasteiger partial charge in [-0.1, -0.05) is 13.8 Å². The van der Waals surface area contributed by atoms with Crippen LogP contribution in [-0.4, -0.2) is 21.8 Å². The van der Waals surface area contributed by atoms with Gasteiger partial charge >= 0.3 is 0 Å². The van der Waals surface area contributed by atoms with Crippen LogP contribution in [0.15, 0.2) is 23.3 Å². The van der Waals surface area contributed by atoms with E-state index >= 15 is 0 Å². The van der Waals surface area contributed by atoms with E-state index in [0.29, 0.717) is 12.1 Å². The van der Waals surface area contributed by atoms with Gasteiger partial charge in [-0.3, -0.25) is 4.79 Å². The van der Waals surface area contributed by atoms with Crippen LogP contribution in [0.5, 0.6) is 5.75 Å². The Hall–Kier alpha value is -2.15. The summed E-state index contributed by atoms with van der Waals surface area (Å²) < 4.78 is 0. The van der Waals surface area contributed by atoms with Crippen LogP contribution in [0.1, 0.15) is 25.8 Å². The molecule has 0 unspecified atom stereocenters. The minimum absolute atomic E-state index is 0.0415. The average molecular weight is 292 g/mol. The lowest BCUT2D eigenvalue weighted by atomic mass is 9.79. The zero-order valence-corrected chi connectivity index (χ0v) is 12.0. The molecule has 106 valence electrons. The van der Waals surface area contributed by atoms with Crippen molar-refractivity contribution in [2.45, 2.75) is 20.3 Å². The molecule has 1 amide bonds. The third-order valence-corrected chi connectivity index (χ3v) is 3.17. The van der Waals surface area contributed by atoms with E-state index in [1.54, 1.807) is 12.1 Å². The first-order valence-corrected chi connectivity index (χ1v) is 6.47. The Morgan fingerprint density at radius 2 is 2.25 bits per heavy atom. The van der Waals surface area contributed by atoms with Crippen LogP contribution < -0.4 is 16.5 Å². The van der Waals surface area contributed by atoms with Gasteiger partial charge in [0.15, 0.2) is 5.11 Å². The van der Waals surface area contributed by atoms with Crippen molar-refractivity contribution in [1.29, 1.82) is 0 Å².